The fourth-order valence-corrected chi connectivity index (χ4v) is 2.33. The Balaban J connectivity index is 2.46. The molecule has 21 heavy (non-hydrogen) atoms. The molecule has 0 bridgehead atoms. The summed E-state index contributed by atoms with van der Waals surface area (Å²) in [5, 5.41) is 11.5. The van der Waals surface area contributed by atoms with Gasteiger partial charge in [-0.1, -0.05) is 6.92 Å². The molecule has 0 aliphatic rings. The van der Waals surface area contributed by atoms with Gasteiger partial charge >= 0.3 is 6.18 Å². The number of thiophene rings is 1. The van der Waals surface area contributed by atoms with Crippen molar-refractivity contribution < 1.29 is 13.2 Å². The first kappa shape index (κ1) is 15.3. The number of hydrogen-bond donors (Lipinski definition) is 1. The Labute approximate surface area is 123 Å². The monoisotopic (exact) mass is 312 g/mol. The van der Waals surface area contributed by atoms with Crippen LogP contribution in [-0.4, -0.2) is 16.5 Å². The van der Waals surface area contributed by atoms with Gasteiger partial charge in [-0.2, -0.15) is 18.4 Å². The molecule has 0 unspecified atom stereocenters. The van der Waals surface area contributed by atoms with Crippen molar-refractivity contribution >= 4 is 17.3 Å². The predicted octanol–water partition coefficient (Wildman–Crippen LogP) is 3.92. The summed E-state index contributed by atoms with van der Waals surface area (Å²) in [7, 11) is 0. The van der Waals surface area contributed by atoms with Crippen molar-refractivity contribution in [2.75, 3.05) is 11.9 Å². The molecule has 0 aliphatic carbocycles. The third-order valence-electron chi connectivity index (χ3n) is 2.52. The van der Waals surface area contributed by atoms with E-state index in [9.17, 15) is 13.2 Å². The lowest BCUT2D eigenvalue weighted by molar-refractivity contribution is -0.141. The van der Waals surface area contributed by atoms with Gasteiger partial charge in [-0.3, -0.25) is 0 Å². The van der Waals surface area contributed by atoms with Crippen molar-refractivity contribution in [2.24, 2.45) is 0 Å². The minimum absolute atomic E-state index is 0.0615. The zero-order valence-electron chi connectivity index (χ0n) is 11.0. The normalized spacial score (nSPS) is 11.2. The van der Waals surface area contributed by atoms with E-state index < -0.39 is 11.9 Å². The fourth-order valence-electron chi connectivity index (χ4n) is 1.57. The first-order chi connectivity index (χ1) is 9.94. The molecular formula is C13H11F3N4S. The van der Waals surface area contributed by atoms with E-state index in [-0.39, 0.29) is 11.6 Å². The number of rotatable bonds is 4. The van der Waals surface area contributed by atoms with Crippen LogP contribution in [-0.2, 0) is 6.18 Å². The van der Waals surface area contributed by atoms with E-state index in [4.69, 9.17) is 5.26 Å². The maximum Gasteiger partial charge on any atom is 0.433 e. The van der Waals surface area contributed by atoms with Crippen LogP contribution in [0.25, 0.3) is 10.6 Å². The first-order valence-corrected chi connectivity index (χ1v) is 6.96. The highest BCUT2D eigenvalue weighted by Gasteiger charge is 2.34. The molecule has 0 aliphatic heterocycles. The molecule has 2 rings (SSSR count). The van der Waals surface area contributed by atoms with Crippen molar-refractivity contribution in [2.45, 2.75) is 19.5 Å². The van der Waals surface area contributed by atoms with Crippen molar-refractivity contribution in [1.29, 1.82) is 5.26 Å². The first-order valence-electron chi connectivity index (χ1n) is 6.14. The summed E-state index contributed by atoms with van der Waals surface area (Å²) in [6, 6.07) is 5.97. The van der Waals surface area contributed by atoms with Crippen LogP contribution in [0, 0.1) is 11.3 Å². The molecule has 8 heteroatoms. The molecule has 0 fully saturated rings. The number of nitrogens with zero attached hydrogens (tertiary/aromatic N) is 3. The number of aromatic nitrogens is 2. The zero-order valence-corrected chi connectivity index (χ0v) is 11.8. The van der Waals surface area contributed by atoms with E-state index in [2.05, 4.69) is 15.3 Å². The quantitative estimate of drug-likeness (QED) is 0.929. The van der Waals surface area contributed by atoms with E-state index in [1.807, 2.05) is 13.0 Å². The molecule has 0 saturated carbocycles. The molecule has 0 spiro atoms. The number of nitriles is 1. The summed E-state index contributed by atoms with van der Waals surface area (Å²) in [4.78, 5) is 8.48. The lowest BCUT2D eigenvalue weighted by atomic mass is 10.2. The van der Waals surface area contributed by atoms with Gasteiger partial charge in [-0.05, 0) is 24.6 Å². The maximum atomic E-state index is 12.9. The second-order valence-corrected chi connectivity index (χ2v) is 5.25. The topological polar surface area (TPSA) is 61.6 Å². The summed E-state index contributed by atoms with van der Waals surface area (Å²) in [5.74, 6) is -0.0615. The molecule has 4 nitrogen and oxygen atoms in total. The van der Waals surface area contributed by atoms with Gasteiger partial charge in [-0.15, -0.1) is 11.3 Å². The minimum atomic E-state index is -4.55. The number of nitrogens with one attached hydrogen (secondary N) is 1. The molecule has 0 amide bonds. The third kappa shape index (κ3) is 3.70. The van der Waals surface area contributed by atoms with Crippen molar-refractivity contribution in [3.63, 3.8) is 0 Å². The van der Waals surface area contributed by atoms with Gasteiger partial charge in [0.25, 0.3) is 0 Å². The van der Waals surface area contributed by atoms with Crippen LogP contribution >= 0.6 is 11.3 Å². The van der Waals surface area contributed by atoms with Crippen molar-refractivity contribution in [3.8, 4) is 16.6 Å². The predicted molar refractivity (Wildman–Crippen MR) is 73.8 cm³/mol. The van der Waals surface area contributed by atoms with Gasteiger partial charge in [0.2, 0.25) is 5.95 Å². The van der Waals surface area contributed by atoms with E-state index in [0.717, 1.165) is 23.8 Å². The molecule has 110 valence electrons. The smallest absolute Gasteiger partial charge is 0.354 e. The Hall–Kier alpha value is -2.14. The lowest BCUT2D eigenvalue weighted by Gasteiger charge is -2.10. The highest BCUT2D eigenvalue weighted by molar-refractivity contribution is 7.15. The van der Waals surface area contributed by atoms with Crippen LogP contribution in [0.15, 0.2) is 18.2 Å². The standard InChI is InChI=1S/C13H11F3N4S/c1-2-5-18-12-19-9(6-11(20-12)13(14,15)16)10-4-3-8(7-17)21-10/h3-4,6H,2,5H2,1H3,(H,18,19,20). The Bertz CT molecular complexity index is 673. The Kier molecular flexibility index (Phi) is 4.43. The van der Waals surface area contributed by atoms with E-state index in [0.29, 0.717) is 16.3 Å². The van der Waals surface area contributed by atoms with Crippen LogP contribution in [0.4, 0.5) is 19.1 Å². The highest BCUT2D eigenvalue weighted by Crippen LogP contribution is 2.33. The van der Waals surface area contributed by atoms with Gasteiger partial charge in [0.15, 0.2) is 5.69 Å². The summed E-state index contributed by atoms with van der Waals surface area (Å²) in [6.45, 7) is 2.37. The van der Waals surface area contributed by atoms with Crippen LogP contribution in [0.1, 0.15) is 23.9 Å². The average Bonchev–Trinajstić information content (AvgIpc) is 2.93. The molecule has 1 N–H and O–H groups in total. The van der Waals surface area contributed by atoms with Crippen LogP contribution in [0.2, 0.25) is 0 Å². The molecule has 2 aromatic rings. The van der Waals surface area contributed by atoms with E-state index in [1.54, 1.807) is 12.1 Å². The van der Waals surface area contributed by atoms with Gasteiger partial charge in [0.1, 0.15) is 10.9 Å². The van der Waals surface area contributed by atoms with Crippen LogP contribution in [0.3, 0.4) is 0 Å². The average molecular weight is 312 g/mol. The second kappa shape index (κ2) is 6.10. The van der Waals surface area contributed by atoms with Crippen molar-refractivity contribution in [3.05, 3.63) is 28.8 Å². The van der Waals surface area contributed by atoms with Gasteiger partial charge in [0, 0.05) is 6.54 Å². The van der Waals surface area contributed by atoms with Gasteiger partial charge in [-0.25, -0.2) is 9.97 Å². The number of alkyl halides is 3. The fraction of sp³-hybridized carbons (Fsp3) is 0.308. The molecule has 2 aromatic heterocycles. The molecule has 0 radical (unpaired) electrons. The summed E-state index contributed by atoms with van der Waals surface area (Å²) in [6.07, 6.45) is -3.80. The van der Waals surface area contributed by atoms with E-state index in [1.165, 1.54) is 0 Å². The lowest BCUT2D eigenvalue weighted by Crippen LogP contribution is -2.13. The van der Waals surface area contributed by atoms with Gasteiger partial charge < -0.3 is 5.32 Å². The highest BCUT2D eigenvalue weighted by atomic mass is 32.1. The SMILES string of the molecule is CCCNc1nc(-c2ccc(C#N)s2)cc(C(F)(F)F)n1. The summed E-state index contributed by atoms with van der Waals surface area (Å²) >= 11 is 1.09. The zero-order chi connectivity index (χ0) is 15.5. The summed E-state index contributed by atoms with van der Waals surface area (Å²) < 4.78 is 38.7. The largest absolute Gasteiger partial charge is 0.433 e. The van der Waals surface area contributed by atoms with E-state index >= 15 is 0 Å². The van der Waals surface area contributed by atoms with Crippen LogP contribution in [0.5, 0.6) is 0 Å². The number of hydrogen-bond acceptors (Lipinski definition) is 5. The number of anilines is 1. The van der Waals surface area contributed by atoms with Crippen molar-refractivity contribution in [1.82, 2.24) is 9.97 Å². The Morgan fingerprint density at radius 2 is 2.10 bits per heavy atom. The minimum Gasteiger partial charge on any atom is -0.354 e. The molecule has 0 saturated heterocycles. The third-order valence-corrected chi connectivity index (χ3v) is 3.53. The summed E-state index contributed by atoms with van der Waals surface area (Å²) in [5.41, 5.74) is -0.847. The molecular weight excluding hydrogens is 301 g/mol. The molecule has 0 atom stereocenters. The number of halogens is 3. The maximum absolute atomic E-state index is 12.9. The molecule has 0 aromatic carbocycles. The Morgan fingerprint density at radius 3 is 2.67 bits per heavy atom. The van der Waals surface area contributed by atoms with Crippen LogP contribution < -0.4 is 5.32 Å². The molecule has 2 heterocycles. The Morgan fingerprint density at radius 1 is 1.33 bits per heavy atom. The second-order valence-electron chi connectivity index (χ2n) is 4.16. The van der Waals surface area contributed by atoms with Gasteiger partial charge in [0.05, 0.1) is 10.6 Å².